The summed E-state index contributed by atoms with van der Waals surface area (Å²) in [7, 11) is 0. The maximum absolute atomic E-state index is 13.4. The molecule has 3 aromatic carbocycles. The Hall–Kier alpha value is -3.44. The molecule has 1 heterocycles. The fourth-order valence-corrected chi connectivity index (χ4v) is 4.32. The fourth-order valence-electron chi connectivity index (χ4n) is 4.32. The molecule has 0 bridgehead atoms. The normalized spacial score (nSPS) is 15.2. The third-order valence-electron chi connectivity index (χ3n) is 6.17. The van der Waals surface area contributed by atoms with Gasteiger partial charge in [0.25, 0.3) is 5.91 Å². The molecule has 0 spiro atoms. The second-order valence-corrected chi connectivity index (χ2v) is 8.45. The molecule has 0 aromatic heterocycles. The average molecular weight is 429 g/mol. The second-order valence-electron chi connectivity index (χ2n) is 8.45. The maximum Gasteiger partial charge on any atom is 0.287 e. The second kappa shape index (κ2) is 9.79. The topological polar surface area (TPSA) is 53.9 Å². The zero-order valence-corrected chi connectivity index (χ0v) is 18.7. The monoisotopic (exact) mass is 428 g/mol. The van der Waals surface area contributed by atoms with Gasteiger partial charge in [0.15, 0.2) is 11.8 Å². The van der Waals surface area contributed by atoms with Gasteiger partial charge in [-0.3, -0.25) is 9.59 Å². The van der Waals surface area contributed by atoms with Gasteiger partial charge in [0.05, 0.1) is 26.2 Å². The molecule has 5 heteroatoms. The van der Waals surface area contributed by atoms with Crippen molar-refractivity contribution in [3.05, 3.63) is 95.6 Å². The molecule has 1 saturated heterocycles. The molecule has 0 radical (unpaired) electrons. The van der Waals surface area contributed by atoms with Crippen LogP contribution in [0.3, 0.4) is 0 Å². The number of rotatable bonds is 6. The van der Waals surface area contributed by atoms with Gasteiger partial charge in [-0.25, -0.2) is 0 Å². The SMILES string of the molecule is CC(=O)c1ccc(N2CC[NH+]([C@H](C(=O)Nc3ccc(C)cc3)c3ccccc3)CC2)cc1. The number of carbonyl (C=O) groups is 2. The van der Waals surface area contributed by atoms with Crippen molar-refractivity contribution in [2.24, 2.45) is 0 Å². The van der Waals surface area contributed by atoms with E-state index in [2.05, 4.69) is 10.2 Å². The molecule has 5 nitrogen and oxygen atoms in total. The lowest BCUT2D eigenvalue weighted by atomic mass is 10.0. The third-order valence-corrected chi connectivity index (χ3v) is 6.17. The molecule has 3 aromatic rings. The predicted octanol–water partition coefficient (Wildman–Crippen LogP) is 3.28. The van der Waals surface area contributed by atoms with Crippen LogP contribution in [0, 0.1) is 6.92 Å². The van der Waals surface area contributed by atoms with Crippen LogP contribution in [-0.4, -0.2) is 37.9 Å². The molecule has 164 valence electrons. The van der Waals surface area contributed by atoms with Gasteiger partial charge in [0.2, 0.25) is 0 Å². The van der Waals surface area contributed by atoms with E-state index >= 15 is 0 Å². The number of Topliss-reactive ketones (excluding diaryl/α,β-unsaturated/α-hetero) is 1. The Kier molecular flexibility index (Phi) is 6.66. The number of piperazine rings is 1. The molecule has 32 heavy (non-hydrogen) atoms. The number of carbonyl (C=O) groups excluding carboxylic acids is 2. The Balaban J connectivity index is 1.48. The van der Waals surface area contributed by atoms with Crippen molar-refractivity contribution < 1.29 is 14.5 Å². The number of hydrogen-bond donors (Lipinski definition) is 2. The predicted molar refractivity (Wildman–Crippen MR) is 128 cm³/mol. The number of hydrogen-bond acceptors (Lipinski definition) is 3. The maximum atomic E-state index is 13.4. The van der Waals surface area contributed by atoms with Crippen LogP contribution in [0.25, 0.3) is 0 Å². The molecular weight excluding hydrogens is 398 g/mol. The van der Waals surface area contributed by atoms with E-state index in [9.17, 15) is 9.59 Å². The van der Waals surface area contributed by atoms with Gasteiger partial charge in [0, 0.05) is 22.5 Å². The molecule has 4 rings (SSSR count). The van der Waals surface area contributed by atoms with Gasteiger partial charge in [-0.1, -0.05) is 48.0 Å². The summed E-state index contributed by atoms with van der Waals surface area (Å²) in [5.74, 6) is 0.102. The van der Waals surface area contributed by atoms with Crippen molar-refractivity contribution in [2.45, 2.75) is 19.9 Å². The van der Waals surface area contributed by atoms with Gasteiger partial charge >= 0.3 is 0 Å². The van der Waals surface area contributed by atoms with Gasteiger partial charge in [-0.2, -0.15) is 0 Å². The summed E-state index contributed by atoms with van der Waals surface area (Å²) in [5, 5.41) is 3.12. The first kappa shape index (κ1) is 21.8. The molecule has 0 aliphatic carbocycles. The molecule has 0 saturated carbocycles. The van der Waals surface area contributed by atoms with Crippen LogP contribution in [0.4, 0.5) is 11.4 Å². The van der Waals surface area contributed by atoms with Crippen molar-refractivity contribution in [1.29, 1.82) is 0 Å². The van der Waals surface area contributed by atoms with Crippen LogP contribution >= 0.6 is 0 Å². The molecule has 1 atom stereocenters. The van der Waals surface area contributed by atoms with Gasteiger partial charge in [0.1, 0.15) is 0 Å². The van der Waals surface area contributed by atoms with Crippen molar-refractivity contribution in [3.8, 4) is 0 Å². The number of anilines is 2. The van der Waals surface area contributed by atoms with Crippen LogP contribution in [0.15, 0.2) is 78.9 Å². The first-order valence-electron chi connectivity index (χ1n) is 11.1. The van der Waals surface area contributed by atoms with Crippen LogP contribution in [-0.2, 0) is 4.79 Å². The first-order valence-corrected chi connectivity index (χ1v) is 11.1. The molecule has 1 aliphatic heterocycles. The largest absolute Gasteiger partial charge is 0.360 e. The van der Waals surface area contributed by atoms with E-state index < -0.39 is 0 Å². The summed E-state index contributed by atoms with van der Waals surface area (Å²) >= 11 is 0. The van der Waals surface area contributed by atoms with E-state index in [-0.39, 0.29) is 17.7 Å². The van der Waals surface area contributed by atoms with E-state index in [4.69, 9.17) is 0 Å². The van der Waals surface area contributed by atoms with E-state index in [0.717, 1.165) is 48.7 Å². The highest BCUT2D eigenvalue weighted by molar-refractivity contribution is 5.95. The Labute approximate surface area is 189 Å². The molecule has 1 amide bonds. The quantitative estimate of drug-likeness (QED) is 0.593. The van der Waals surface area contributed by atoms with Crippen LogP contribution in [0.1, 0.15) is 34.5 Å². The number of ketones is 1. The van der Waals surface area contributed by atoms with E-state index in [1.54, 1.807) is 6.92 Å². The summed E-state index contributed by atoms with van der Waals surface area (Å²) in [6.45, 7) is 7.05. The minimum Gasteiger partial charge on any atom is -0.360 e. The molecule has 1 fully saturated rings. The van der Waals surface area contributed by atoms with E-state index in [0.29, 0.717) is 0 Å². The van der Waals surface area contributed by atoms with E-state index in [1.165, 1.54) is 10.5 Å². The number of aryl methyl sites for hydroxylation is 1. The third kappa shape index (κ3) is 5.06. The summed E-state index contributed by atoms with van der Waals surface area (Å²) in [6.07, 6.45) is 0. The average Bonchev–Trinajstić information content (AvgIpc) is 2.82. The highest BCUT2D eigenvalue weighted by Crippen LogP contribution is 2.18. The summed E-state index contributed by atoms with van der Waals surface area (Å²) in [6, 6.07) is 25.5. The van der Waals surface area contributed by atoms with Crippen molar-refractivity contribution in [1.82, 2.24) is 0 Å². The Morgan fingerprint density at radius 2 is 1.50 bits per heavy atom. The first-order chi connectivity index (χ1) is 15.5. The Morgan fingerprint density at radius 3 is 2.09 bits per heavy atom. The smallest absolute Gasteiger partial charge is 0.287 e. The lowest BCUT2D eigenvalue weighted by Crippen LogP contribution is -3.16. The molecule has 0 unspecified atom stereocenters. The standard InChI is InChI=1S/C27H29N3O2/c1-20-8-12-24(13-9-20)28-27(32)26(23-6-4-3-5-7-23)30-18-16-29(17-19-30)25-14-10-22(11-15-25)21(2)31/h3-15,26H,16-19H2,1-2H3,(H,28,32)/p+1/t26-/m0/s1. The fraction of sp³-hybridized carbons (Fsp3) is 0.259. The van der Waals surface area contributed by atoms with Crippen LogP contribution in [0.5, 0.6) is 0 Å². The Bertz CT molecular complexity index is 1050. The zero-order valence-electron chi connectivity index (χ0n) is 18.7. The van der Waals surface area contributed by atoms with Crippen LogP contribution in [0.2, 0.25) is 0 Å². The van der Waals surface area contributed by atoms with Gasteiger partial charge < -0.3 is 15.1 Å². The summed E-state index contributed by atoms with van der Waals surface area (Å²) < 4.78 is 0. The van der Waals surface area contributed by atoms with Crippen molar-refractivity contribution in [2.75, 3.05) is 36.4 Å². The van der Waals surface area contributed by atoms with Crippen molar-refractivity contribution >= 4 is 23.1 Å². The number of nitrogens with one attached hydrogen (secondary N) is 2. The molecule has 1 aliphatic rings. The number of quaternary nitrogens is 1. The van der Waals surface area contributed by atoms with Crippen molar-refractivity contribution in [3.63, 3.8) is 0 Å². The highest BCUT2D eigenvalue weighted by Gasteiger charge is 2.34. The number of nitrogens with zero attached hydrogens (tertiary/aromatic N) is 1. The van der Waals surface area contributed by atoms with Gasteiger partial charge in [-0.15, -0.1) is 0 Å². The van der Waals surface area contributed by atoms with Crippen LogP contribution < -0.4 is 15.1 Å². The zero-order chi connectivity index (χ0) is 22.5. The highest BCUT2D eigenvalue weighted by atomic mass is 16.2. The lowest BCUT2D eigenvalue weighted by molar-refractivity contribution is -0.922. The van der Waals surface area contributed by atoms with Gasteiger partial charge in [-0.05, 0) is 50.2 Å². The lowest BCUT2D eigenvalue weighted by Gasteiger charge is -2.37. The minimum absolute atomic E-state index is 0.0225. The minimum atomic E-state index is -0.264. The number of amides is 1. The molecule has 2 N–H and O–H groups in total. The molecular formula is C27H30N3O2+. The summed E-state index contributed by atoms with van der Waals surface area (Å²) in [5.41, 5.74) is 4.88. The summed E-state index contributed by atoms with van der Waals surface area (Å²) in [4.78, 5) is 28.5. The Morgan fingerprint density at radius 1 is 0.875 bits per heavy atom. The van der Waals surface area contributed by atoms with E-state index in [1.807, 2.05) is 85.8 Å². The number of benzene rings is 3.